The Hall–Kier alpha value is -2.29. The predicted molar refractivity (Wildman–Crippen MR) is 123 cm³/mol. The molecule has 0 aliphatic heterocycles. The van der Waals surface area contributed by atoms with Gasteiger partial charge in [0.05, 0.1) is 25.4 Å². The molecular formula is C21H14Br2FN3OS. The molecule has 0 unspecified atom stereocenters. The van der Waals surface area contributed by atoms with Crippen molar-refractivity contribution in [2.24, 2.45) is 5.10 Å². The molecule has 0 aliphatic carbocycles. The molecule has 4 rings (SSSR count). The summed E-state index contributed by atoms with van der Waals surface area (Å²) >= 11 is 8.62. The minimum absolute atomic E-state index is 0.265. The third kappa shape index (κ3) is 5.01. The summed E-state index contributed by atoms with van der Waals surface area (Å²) in [5.74, 6) is 0.407. The Balaban J connectivity index is 1.43. The number of nitrogens with zero attached hydrogens (tertiary/aromatic N) is 2. The molecule has 1 heterocycles. The summed E-state index contributed by atoms with van der Waals surface area (Å²) < 4.78 is 21.6. The van der Waals surface area contributed by atoms with Gasteiger partial charge in [0.25, 0.3) is 0 Å². The first-order valence-electron chi connectivity index (χ1n) is 8.59. The van der Waals surface area contributed by atoms with Crippen LogP contribution in [0.25, 0.3) is 10.2 Å². The van der Waals surface area contributed by atoms with E-state index in [-0.39, 0.29) is 5.82 Å². The molecule has 0 atom stereocenters. The molecule has 1 aromatic heterocycles. The first-order valence-corrected chi connectivity index (χ1v) is 11.0. The summed E-state index contributed by atoms with van der Waals surface area (Å²) in [6.07, 6.45) is 1.71. The van der Waals surface area contributed by atoms with Crippen LogP contribution in [0.4, 0.5) is 9.52 Å². The zero-order valence-electron chi connectivity index (χ0n) is 14.9. The smallest absolute Gasteiger partial charge is 0.204 e. The molecule has 0 bridgehead atoms. The van der Waals surface area contributed by atoms with E-state index in [9.17, 15) is 4.39 Å². The van der Waals surface area contributed by atoms with Gasteiger partial charge in [-0.3, -0.25) is 5.43 Å². The second-order valence-electron chi connectivity index (χ2n) is 6.09. The number of nitrogens with one attached hydrogen (secondary N) is 1. The van der Waals surface area contributed by atoms with Crippen molar-refractivity contribution in [1.29, 1.82) is 0 Å². The van der Waals surface area contributed by atoms with Crippen LogP contribution in [0.15, 0.2) is 74.7 Å². The maximum atomic E-state index is 13.0. The van der Waals surface area contributed by atoms with Crippen LogP contribution in [0, 0.1) is 5.82 Å². The maximum Gasteiger partial charge on any atom is 0.204 e. The van der Waals surface area contributed by atoms with Gasteiger partial charge in [-0.15, -0.1) is 0 Å². The van der Waals surface area contributed by atoms with Crippen LogP contribution in [0.1, 0.15) is 11.1 Å². The molecule has 0 amide bonds. The number of halogens is 3. The van der Waals surface area contributed by atoms with Gasteiger partial charge in [-0.05, 0) is 79.4 Å². The van der Waals surface area contributed by atoms with Crippen LogP contribution < -0.4 is 10.2 Å². The van der Waals surface area contributed by atoms with Crippen molar-refractivity contribution in [3.63, 3.8) is 0 Å². The normalized spacial score (nSPS) is 11.3. The van der Waals surface area contributed by atoms with Crippen LogP contribution in [-0.4, -0.2) is 11.2 Å². The number of aromatic nitrogens is 1. The second-order valence-corrected chi connectivity index (χ2v) is 8.82. The molecule has 4 aromatic rings. The third-order valence-corrected chi connectivity index (χ3v) is 6.10. The molecule has 0 radical (unpaired) electrons. The van der Waals surface area contributed by atoms with Crippen molar-refractivity contribution < 1.29 is 9.13 Å². The van der Waals surface area contributed by atoms with Gasteiger partial charge in [-0.25, -0.2) is 9.37 Å². The molecule has 0 fully saturated rings. The van der Waals surface area contributed by atoms with Gasteiger partial charge in [-0.2, -0.15) is 5.10 Å². The summed E-state index contributed by atoms with van der Waals surface area (Å²) in [7, 11) is 0. The highest BCUT2D eigenvalue weighted by Gasteiger charge is 2.09. The fourth-order valence-corrected chi connectivity index (χ4v) is 4.88. The summed E-state index contributed by atoms with van der Waals surface area (Å²) in [6, 6.07) is 18.0. The molecule has 0 aliphatic rings. The zero-order chi connectivity index (χ0) is 20.2. The Bertz CT molecular complexity index is 1120. The van der Waals surface area contributed by atoms with Gasteiger partial charge in [0.2, 0.25) is 5.13 Å². The largest absolute Gasteiger partial charge is 0.487 e. The highest BCUT2D eigenvalue weighted by molar-refractivity contribution is 9.11. The monoisotopic (exact) mass is 533 g/mol. The van der Waals surface area contributed by atoms with Crippen molar-refractivity contribution in [2.75, 3.05) is 5.43 Å². The van der Waals surface area contributed by atoms with Gasteiger partial charge in [0, 0.05) is 0 Å². The number of hydrogen-bond donors (Lipinski definition) is 1. The van der Waals surface area contributed by atoms with Crippen molar-refractivity contribution in [3.05, 3.63) is 86.6 Å². The minimum Gasteiger partial charge on any atom is -0.487 e. The lowest BCUT2D eigenvalue weighted by Gasteiger charge is -2.11. The Morgan fingerprint density at radius 1 is 1.07 bits per heavy atom. The Labute approximate surface area is 187 Å². The lowest BCUT2D eigenvalue weighted by atomic mass is 10.2. The molecule has 4 nitrogen and oxygen atoms in total. The van der Waals surface area contributed by atoms with Crippen LogP contribution >= 0.6 is 43.2 Å². The topological polar surface area (TPSA) is 46.5 Å². The lowest BCUT2D eigenvalue weighted by molar-refractivity contribution is 0.302. The highest BCUT2D eigenvalue weighted by atomic mass is 79.9. The van der Waals surface area contributed by atoms with Gasteiger partial charge in [0.1, 0.15) is 18.2 Å². The standard InChI is InChI=1S/C21H14Br2FN3OS/c22-16-9-14(11-25-27-21-26-18-3-1-2-4-19(18)29-21)10-17(23)20(16)28-12-13-5-7-15(24)8-6-13/h1-11H,12H2,(H,26,27)/b25-11+. The maximum absolute atomic E-state index is 13.0. The van der Waals surface area contributed by atoms with E-state index in [0.29, 0.717) is 12.4 Å². The summed E-state index contributed by atoms with van der Waals surface area (Å²) in [5.41, 5.74) is 5.69. The molecule has 146 valence electrons. The van der Waals surface area contributed by atoms with Crippen molar-refractivity contribution >= 4 is 64.8 Å². The van der Waals surface area contributed by atoms with E-state index in [2.05, 4.69) is 47.4 Å². The Morgan fingerprint density at radius 2 is 1.79 bits per heavy atom. The molecule has 0 spiro atoms. The number of anilines is 1. The minimum atomic E-state index is -0.265. The van der Waals surface area contributed by atoms with E-state index in [0.717, 1.165) is 35.4 Å². The van der Waals surface area contributed by atoms with E-state index in [1.54, 1.807) is 29.7 Å². The number of rotatable bonds is 6. The SMILES string of the molecule is Fc1ccc(COc2c(Br)cc(/C=N/Nc3nc4ccccc4s3)cc2Br)cc1. The first kappa shape index (κ1) is 20.0. The quantitative estimate of drug-likeness (QED) is 0.214. The van der Waals surface area contributed by atoms with Gasteiger partial charge >= 0.3 is 0 Å². The van der Waals surface area contributed by atoms with Crippen LogP contribution in [-0.2, 0) is 6.61 Å². The Morgan fingerprint density at radius 3 is 2.52 bits per heavy atom. The van der Waals surface area contributed by atoms with E-state index in [4.69, 9.17) is 4.74 Å². The average Bonchev–Trinajstić information content (AvgIpc) is 3.11. The van der Waals surface area contributed by atoms with Crippen molar-refractivity contribution in [3.8, 4) is 5.75 Å². The first-order chi connectivity index (χ1) is 14.1. The van der Waals surface area contributed by atoms with Crippen LogP contribution in [0.2, 0.25) is 0 Å². The highest BCUT2D eigenvalue weighted by Crippen LogP contribution is 2.35. The number of thiazole rings is 1. The fourth-order valence-electron chi connectivity index (χ4n) is 2.61. The Kier molecular flexibility index (Phi) is 6.22. The molecule has 29 heavy (non-hydrogen) atoms. The van der Waals surface area contributed by atoms with Gasteiger partial charge < -0.3 is 4.74 Å². The number of hydrogen-bond acceptors (Lipinski definition) is 5. The summed E-state index contributed by atoms with van der Waals surface area (Å²) in [6.45, 7) is 0.337. The van der Waals surface area contributed by atoms with Crippen LogP contribution in [0.3, 0.4) is 0 Å². The number of benzene rings is 3. The molecule has 3 aromatic carbocycles. The van der Waals surface area contributed by atoms with Gasteiger partial charge in [0.15, 0.2) is 0 Å². The van der Waals surface area contributed by atoms with Crippen LogP contribution in [0.5, 0.6) is 5.75 Å². The van der Waals surface area contributed by atoms with Crippen molar-refractivity contribution in [2.45, 2.75) is 6.61 Å². The zero-order valence-corrected chi connectivity index (χ0v) is 18.9. The average molecular weight is 535 g/mol. The molecule has 0 saturated heterocycles. The van der Waals surface area contributed by atoms with E-state index in [1.165, 1.54) is 12.1 Å². The second kappa shape index (κ2) is 9.02. The molecule has 1 N–H and O–H groups in total. The summed E-state index contributed by atoms with van der Waals surface area (Å²) in [4.78, 5) is 4.48. The van der Waals surface area contributed by atoms with Gasteiger partial charge in [-0.1, -0.05) is 35.6 Å². The lowest BCUT2D eigenvalue weighted by Crippen LogP contribution is -1.98. The molecular weight excluding hydrogens is 521 g/mol. The van der Waals surface area contributed by atoms with E-state index < -0.39 is 0 Å². The third-order valence-electron chi connectivity index (χ3n) is 3.98. The molecule has 0 saturated carbocycles. The van der Waals surface area contributed by atoms with Crippen molar-refractivity contribution in [1.82, 2.24) is 4.98 Å². The number of hydrazone groups is 1. The van der Waals surface area contributed by atoms with E-state index >= 15 is 0 Å². The summed E-state index contributed by atoms with van der Waals surface area (Å²) in [5, 5.41) is 5.01. The fraction of sp³-hybridized carbons (Fsp3) is 0.0476. The number of fused-ring (bicyclic) bond motifs is 1. The number of ether oxygens (including phenoxy) is 1. The molecule has 8 heteroatoms. The van der Waals surface area contributed by atoms with E-state index in [1.807, 2.05) is 36.4 Å². The number of para-hydroxylation sites is 1. The predicted octanol–water partition coefficient (Wildman–Crippen LogP) is 6.99.